The number of aliphatic hydroxyl groups excluding tert-OH is 1. The van der Waals surface area contributed by atoms with Crippen LogP contribution in [0.1, 0.15) is 62.3 Å². The van der Waals surface area contributed by atoms with E-state index in [0.29, 0.717) is 12.0 Å². The van der Waals surface area contributed by atoms with Crippen LogP contribution in [-0.2, 0) is 13.0 Å². The largest absolute Gasteiger partial charge is 0.392 e. The van der Waals surface area contributed by atoms with E-state index in [9.17, 15) is 5.11 Å². The Morgan fingerprint density at radius 1 is 1.25 bits per heavy atom. The number of likely N-dealkylation sites (N-methyl/N-ethyl adjacent to an activating group) is 1. The average Bonchev–Trinajstić information content (AvgIpc) is 2.91. The maximum atomic E-state index is 9.51. The Balaban J connectivity index is 1.84. The number of rotatable bonds is 3. The van der Waals surface area contributed by atoms with Gasteiger partial charge in [-0.05, 0) is 55.0 Å². The van der Waals surface area contributed by atoms with Gasteiger partial charge in [-0.2, -0.15) is 0 Å². The topological polar surface area (TPSA) is 39.3 Å². The van der Waals surface area contributed by atoms with Crippen LogP contribution in [0.3, 0.4) is 0 Å². The van der Waals surface area contributed by atoms with Crippen molar-refractivity contribution in [3.05, 3.63) is 35.0 Å². The molecule has 1 saturated carbocycles. The molecule has 0 bridgehead atoms. The van der Waals surface area contributed by atoms with Crippen LogP contribution in [0.15, 0.2) is 18.2 Å². The van der Waals surface area contributed by atoms with Crippen molar-refractivity contribution < 1.29 is 5.11 Å². The molecule has 3 nitrogen and oxygen atoms in total. The molecule has 0 radical (unpaired) electrons. The number of nitrogens with zero attached hydrogens (tertiary/aromatic N) is 1. The molecule has 2 aromatic rings. The summed E-state index contributed by atoms with van der Waals surface area (Å²) in [7, 11) is 0. The first-order valence-corrected chi connectivity index (χ1v) is 9.75. The number of aromatic amines is 1. The van der Waals surface area contributed by atoms with Crippen molar-refractivity contribution in [1.82, 2.24) is 9.88 Å². The zero-order chi connectivity index (χ0) is 16.7. The molecule has 2 heterocycles. The van der Waals surface area contributed by atoms with Crippen LogP contribution in [0, 0.1) is 5.92 Å². The third-order valence-electron chi connectivity index (χ3n) is 6.54. The number of aliphatic hydroxyl groups is 1. The zero-order valence-electron chi connectivity index (χ0n) is 15.0. The predicted octanol–water partition coefficient (Wildman–Crippen LogP) is 4.20. The molecule has 1 aromatic carbocycles. The van der Waals surface area contributed by atoms with E-state index >= 15 is 0 Å². The highest BCUT2D eigenvalue weighted by Crippen LogP contribution is 2.45. The van der Waals surface area contributed by atoms with E-state index in [0.717, 1.165) is 31.0 Å². The molecule has 4 rings (SSSR count). The van der Waals surface area contributed by atoms with Gasteiger partial charge in [-0.15, -0.1) is 0 Å². The monoisotopic (exact) mass is 326 g/mol. The molecule has 2 N–H and O–H groups in total. The van der Waals surface area contributed by atoms with Gasteiger partial charge >= 0.3 is 0 Å². The highest BCUT2D eigenvalue weighted by atomic mass is 16.3. The summed E-state index contributed by atoms with van der Waals surface area (Å²) in [5.41, 5.74) is 5.29. The van der Waals surface area contributed by atoms with Gasteiger partial charge in [0.2, 0.25) is 0 Å². The highest BCUT2D eigenvalue weighted by molar-refractivity contribution is 5.85. The van der Waals surface area contributed by atoms with Gasteiger partial charge in [0.25, 0.3) is 0 Å². The lowest BCUT2D eigenvalue weighted by Gasteiger charge is -2.43. The van der Waals surface area contributed by atoms with Crippen LogP contribution in [0.5, 0.6) is 0 Å². The summed E-state index contributed by atoms with van der Waals surface area (Å²) < 4.78 is 0. The second kappa shape index (κ2) is 6.53. The van der Waals surface area contributed by atoms with E-state index in [4.69, 9.17) is 0 Å². The second-order valence-electron chi connectivity index (χ2n) is 7.63. The minimum absolute atomic E-state index is 0.126. The molecule has 1 aliphatic carbocycles. The Bertz CT molecular complexity index is 720. The molecule has 3 unspecified atom stereocenters. The van der Waals surface area contributed by atoms with Crippen molar-refractivity contribution >= 4 is 10.9 Å². The maximum Gasteiger partial charge on any atom is 0.0682 e. The van der Waals surface area contributed by atoms with Crippen molar-refractivity contribution in [2.75, 3.05) is 13.1 Å². The minimum atomic E-state index is 0.126. The van der Waals surface area contributed by atoms with Crippen molar-refractivity contribution in [2.24, 2.45) is 5.92 Å². The number of hydrogen-bond acceptors (Lipinski definition) is 2. The van der Waals surface area contributed by atoms with Crippen LogP contribution >= 0.6 is 0 Å². The van der Waals surface area contributed by atoms with Gasteiger partial charge in [0, 0.05) is 35.1 Å². The van der Waals surface area contributed by atoms with Gasteiger partial charge in [-0.1, -0.05) is 32.8 Å². The summed E-state index contributed by atoms with van der Waals surface area (Å²) in [4.78, 5) is 6.53. The van der Waals surface area contributed by atoms with Crippen LogP contribution in [-0.4, -0.2) is 34.1 Å². The molecule has 24 heavy (non-hydrogen) atoms. The summed E-state index contributed by atoms with van der Waals surface area (Å²) in [5.74, 6) is 1.47. The van der Waals surface area contributed by atoms with Crippen LogP contribution in [0.2, 0.25) is 0 Å². The molecular weight excluding hydrogens is 296 g/mol. The van der Waals surface area contributed by atoms with Gasteiger partial charge in [-0.3, -0.25) is 4.90 Å². The quantitative estimate of drug-likeness (QED) is 0.887. The first-order valence-electron chi connectivity index (χ1n) is 9.75. The lowest BCUT2D eigenvalue weighted by Crippen LogP contribution is -2.46. The summed E-state index contributed by atoms with van der Waals surface area (Å²) >= 11 is 0. The number of aromatic nitrogens is 1. The van der Waals surface area contributed by atoms with Crippen molar-refractivity contribution in [2.45, 2.75) is 64.5 Å². The van der Waals surface area contributed by atoms with Crippen LogP contribution < -0.4 is 0 Å². The average molecular weight is 326 g/mol. The lowest BCUT2D eigenvalue weighted by molar-refractivity contribution is 0.0918. The van der Waals surface area contributed by atoms with Crippen molar-refractivity contribution in [3.63, 3.8) is 0 Å². The van der Waals surface area contributed by atoms with E-state index in [1.807, 2.05) is 6.07 Å². The Hall–Kier alpha value is -1.32. The van der Waals surface area contributed by atoms with E-state index in [1.54, 1.807) is 0 Å². The molecule has 0 saturated heterocycles. The second-order valence-corrected chi connectivity index (χ2v) is 7.63. The SMILES string of the molecule is CCC1CCCC2c3[nH]c4ccc(CO)cc4c3CCN(CC)C12. The molecular formula is C21H30N2O. The third-order valence-corrected chi connectivity index (χ3v) is 6.54. The number of H-pyrrole nitrogens is 1. The molecule has 3 heteroatoms. The van der Waals surface area contributed by atoms with E-state index in [1.165, 1.54) is 47.8 Å². The molecule has 1 fully saturated rings. The molecule has 1 aliphatic heterocycles. The molecule has 3 atom stereocenters. The summed E-state index contributed by atoms with van der Waals surface area (Å²) in [6.45, 7) is 7.13. The van der Waals surface area contributed by atoms with Gasteiger partial charge < -0.3 is 10.1 Å². The molecule has 0 spiro atoms. The van der Waals surface area contributed by atoms with Gasteiger partial charge in [0.15, 0.2) is 0 Å². The zero-order valence-corrected chi connectivity index (χ0v) is 15.0. The predicted molar refractivity (Wildman–Crippen MR) is 99.3 cm³/mol. The number of fused-ring (bicyclic) bond motifs is 5. The normalized spacial score (nSPS) is 27.7. The van der Waals surface area contributed by atoms with Crippen LogP contribution in [0.4, 0.5) is 0 Å². The van der Waals surface area contributed by atoms with E-state index in [-0.39, 0.29) is 6.61 Å². The third kappa shape index (κ3) is 2.49. The van der Waals surface area contributed by atoms with E-state index < -0.39 is 0 Å². The fourth-order valence-electron chi connectivity index (χ4n) is 5.36. The molecule has 1 aromatic heterocycles. The smallest absolute Gasteiger partial charge is 0.0682 e. The summed E-state index contributed by atoms with van der Waals surface area (Å²) in [6, 6.07) is 7.09. The Kier molecular flexibility index (Phi) is 4.40. The van der Waals surface area contributed by atoms with Crippen molar-refractivity contribution in [3.8, 4) is 0 Å². The Morgan fingerprint density at radius 3 is 2.88 bits per heavy atom. The molecule has 0 amide bonds. The molecule has 130 valence electrons. The Labute approximate surface area is 145 Å². The fourth-order valence-corrected chi connectivity index (χ4v) is 5.36. The first kappa shape index (κ1) is 16.2. The molecule has 2 aliphatic rings. The van der Waals surface area contributed by atoms with Gasteiger partial charge in [-0.25, -0.2) is 0 Å². The summed E-state index contributed by atoms with van der Waals surface area (Å²) in [5, 5.41) is 10.8. The van der Waals surface area contributed by atoms with Crippen molar-refractivity contribution in [1.29, 1.82) is 0 Å². The lowest BCUT2D eigenvalue weighted by atomic mass is 9.73. The standard InChI is InChI=1S/C21H30N2O/c1-3-15-6-5-7-17-20-16(10-11-23(4-2)21(15)17)18-12-14(13-24)8-9-19(18)22-20/h8-9,12,15,17,21-22,24H,3-7,10-11,13H2,1-2H3. The number of benzene rings is 1. The van der Waals surface area contributed by atoms with Gasteiger partial charge in [0.05, 0.1) is 6.61 Å². The van der Waals surface area contributed by atoms with Gasteiger partial charge in [0.1, 0.15) is 0 Å². The highest BCUT2D eigenvalue weighted by Gasteiger charge is 2.40. The summed E-state index contributed by atoms with van der Waals surface area (Å²) in [6.07, 6.45) is 6.47. The fraction of sp³-hybridized carbons (Fsp3) is 0.619. The first-order chi connectivity index (χ1) is 11.8. The number of hydrogen-bond donors (Lipinski definition) is 2. The Morgan fingerprint density at radius 2 is 2.12 bits per heavy atom. The minimum Gasteiger partial charge on any atom is -0.392 e. The number of nitrogens with one attached hydrogen (secondary N) is 1. The maximum absolute atomic E-state index is 9.51. The van der Waals surface area contributed by atoms with Crippen LogP contribution in [0.25, 0.3) is 10.9 Å². The van der Waals surface area contributed by atoms with E-state index in [2.05, 4.69) is 35.9 Å².